The van der Waals surface area contributed by atoms with Crippen molar-refractivity contribution >= 4 is 5.97 Å². The van der Waals surface area contributed by atoms with Crippen molar-refractivity contribution < 1.29 is 14.6 Å². The number of hydrogen-bond acceptors (Lipinski definition) is 2. The number of aliphatic carboxylic acids is 1. The van der Waals surface area contributed by atoms with Gasteiger partial charge in [-0.15, -0.1) is 0 Å². The average molecular weight is 130 g/mol. The summed E-state index contributed by atoms with van der Waals surface area (Å²) >= 11 is 0. The van der Waals surface area contributed by atoms with Crippen LogP contribution in [0, 0.1) is 5.92 Å². The van der Waals surface area contributed by atoms with E-state index in [9.17, 15) is 4.79 Å². The van der Waals surface area contributed by atoms with Gasteiger partial charge in [-0.2, -0.15) is 0 Å². The minimum Gasteiger partial charge on any atom is -0.481 e. The van der Waals surface area contributed by atoms with E-state index in [1.54, 1.807) is 7.11 Å². The first kappa shape index (κ1) is 6.55. The van der Waals surface area contributed by atoms with E-state index in [-0.39, 0.29) is 12.0 Å². The number of hydrogen-bond donors (Lipinski definition) is 1. The van der Waals surface area contributed by atoms with Gasteiger partial charge in [-0.1, -0.05) is 0 Å². The monoisotopic (exact) mass is 130 g/mol. The van der Waals surface area contributed by atoms with E-state index < -0.39 is 5.97 Å². The molecule has 1 saturated carbocycles. The zero-order valence-corrected chi connectivity index (χ0v) is 5.33. The molecule has 0 amide bonds. The zero-order chi connectivity index (χ0) is 6.85. The lowest BCUT2D eigenvalue weighted by atomic mass is 9.82. The molecule has 0 radical (unpaired) electrons. The van der Waals surface area contributed by atoms with Crippen LogP contribution in [0.2, 0.25) is 0 Å². The third kappa shape index (κ3) is 1.05. The maximum Gasteiger partial charge on any atom is 0.309 e. The lowest BCUT2D eigenvalue weighted by Gasteiger charge is -2.31. The van der Waals surface area contributed by atoms with E-state index in [4.69, 9.17) is 9.84 Å². The Kier molecular flexibility index (Phi) is 1.71. The summed E-state index contributed by atoms with van der Waals surface area (Å²) in [5.74, 6) is -0.969. The topological polar surface area (TPSA) is 46.5 Å². The summed E-state index contributed by atoms with van der Waals surface area (Å²) in [5.41, 5.74) is 0. The molecular formula is C6H10O3. The average Bonchev–Trinajstić information content (AvgIpc) is 1.61. The Hall–Kier alpha value is -0.570. The SMILES string of the molecule is CO[C@H]1CC[C@@H]1C(=O)O. The normalized spacial score (nSPS) is 33.4. The quantitative estimate of drug-likeness (QED) is 0.592. The first-order valence-corrected chi connectivity index (χ1v) is 3.01. The minimum absolute atomic E-state index is 0.0255. The summed E-state index contributed by atoms with van der Waals surface area (Å²) in [6.45, 7) is 0. The fourth-order valence-corrected chi connectivity index (χ4v) is 1.03. The molecule has 1 N–H and O–H groups in total. The van der Waals surface area contributed by atoms with Crippen molar-refractivity contribution in [1.29, 1.82) is 0 Å². The molecule has 3 nitrogen and oxygen atoms in total. The summed E-state index contributed by atoms with van der Waals surface area (Å²) in [4.78, 5) is 10.3. The summed E-state index contributed by atoms with van der Waals surface area (Å²) < 4.78 is 4.88. The fourth-order valence-electron chi connectivity index (χ4n) is 1.03. The van der Waals surface area contributed by atoms with Crippen LogP contribution < -0.4 is 0 Å². The first-order valence-electron chi connectivity index (χ1n) is 3.01. The molecule has 0 spiro atoms. The molecule has 0 aromatic carbocycles. The smallest absolute Gasteiger partial charge is 0.309 e. The van der Waals surface area contributed by atoms with Crippen molar-refractivity contribution in [2.75, 3.05) is 7.11 Å². The molecule has 0 unspecified atom stereocenters. The van der Waals surface area contributed by atoms with Crippen LogP contribution in [-0.4, -0.2) is 24.3 Å². The van der Waals surface area contributed by atoms with Gasteiger partial charge in [0.05, 0.1) is 12.0 Å². The van der Waals surface area contributed by atoms with Gasteiger partial charge in [0.15, 0.2) is 0 Å². The van der Waals surface area contributed by atoms with Crippen molar-refractivity contribution in [2.24, 2.45) is 5.92 Å². The maximum atomic E-state index is 10.3. The molecule has 1 aliphatic rings. The summed E-state index contributed by atoms with van der Waals surface area (Å²) in [7, 11) is 1.56. The van der Waals surface area contributed by atoms with Crippen LogP contribution in [-0.2, 0) is 9.53 Å². The van der Waals surface area contributed by atoms with E-state index in [0.29, 0.717) is 0 Å². The minimum atomic E-state index is -0.729. The van der Waals surface area contributed by atoms with Gasteiger partial charge < -0.3 is 9.84 Å². The molecule has 1 rings (SSSR count). The molecule has 0 aromatic rings. The van der Waals surface area contributed by atoms with Gasteiger partial charge in [0.1, 0.15) is 0 Å². The number of carbonyl (C=O) groups is 1. The van der Waals surface area contributed by atoms with Crippen molar-refractivity contribution in [3.63, 3.8) is 0 Å². The van der Waals surface area contributed by atoms with Gasteiger partial charge in [-0.05, 0) is 12.8 Å². The predicted molar refractivity (Wildman–Crippen MR) is 31.2 cm³/mol. The Morgan fingerprint density at radius 2 is 2.33 bits per heavy atom. The second-order valence-corrected chi connectivity index (χ2v) is 2.30. The third-order valence-electron chi connectivity index (χ3n) is 1.83. The molecule has 9 heavy (non-hydrogen) atoms. The molecule has 3 heteroatoms. The Labute approximate surface area is 53.6 Å². The molecule has 1 aliphatic carbocycles. The Balaban J connectivity index is 2.35. The molecule has 52 valence electrons. The van der Waals surface area contributed by atoms with Gasteiger partial charge in [0.25, 0.3) is 0 Å². The summed E-state index contributed by atoms with van der Waals surface area (Å²) in [5, 5.41) is 8.45. The lowest BCUT2D eigenvalue weighted by Crippen LogP contribution is -2.38. The second kappa shape index (κ2) is 2.35. The van der Waals surface area contributed by atoms with E-state index in [0.717, 1.165) is 12.8 Å². The van der Waals surface area contributed by atoms with Crippen molar-refractivity contribution in [3.05, 3.63) is 0 Å². The van der Waals surface area contributed by atoms with Crippen molar-refractivity contribution in [1.82, 2.24) is 0 Å². The van der Waals surface area contributed by atoms with E-state index in [1.165, 1.54) is 0 Å². The fraction of sp³-hybridized carbons (Fsp3) is 0.833. The molecule has 1 fully saturated rings. The molecular weight excluding hydrogens is 120 g/mol. The van der Waals surface area contributed by atoms with Crippen LogP contribution in [0.1, 0.15) is 12.8 Å². The van der Waals surface area contributed by atoms with Gasteiger partial charge in [0.2, 0.25) is 0 Å². The number of ether oxygens (including phenoxy) is 1. The standard InChI is InChI=1S/C6H10O3/c1-9-5-3-2-4(5)6(7)8/h4-5H,2-3H2,1H3,(H,7,8)/t4-,5-/m0/s1. The van der Waals surface area contributed by atoms with Gasteiger partial charge in [-0.3, -0.25) is 4.79 Å². The summed E-state index contributed by atoms with van der Waals surface area (Å²) in [6.07, 6.45) is 1.64. The van der Waals surface area contributed by atoms with Crippen LogP contribution >= 0.6 is 0 Å². The summed E-state index contributed by atoms with van der Waals surface area (Å²) in [6, 6.07) is 0. The van der Waals surface area contributed by atoms with Crippen LogP contribution in [0.15, 0.2) is 0 Å². The molecule has 2 atom stereocenters. The number of carboxylic acid groups (broad SMARTS) is 1. The predicted octanol–water partition coefficient (Wildman–Crippen LogP) is 0.496. The third-order valence-corrected chi connectivity index (χ3v) is 1.83. The van der Waals surface area contributed by atoms with Crippen LogP contribution in [0.4, 0.5) is 0 Å². The lowest BCUT2D eigenvalue weighted by molar-refractivity contribution is -0.153. The maximum absolute atomic E-state index is 10.3. The van der Waals surface area contributed by atoms with Crippen molar-refractivity contribution in [3.8, 4) is 0 Å². The van der Waals surface area contributed by atoms with Gasteiger partial charge in [-0.25, -0.2) is 0 Å². The zero-order valence-electron chi connectivity index (χ0n) is 5.33. The van der Waals surface area contributed by atoms with Gasteiger partial charge >= 0.3 is 5.97 Å². The Morgan fingerprint density at radius 1 is 1.67 bits per heavy atom. The second-order valence-electron chi connectivity index (χ2n) is 2.30. The molecule has 0 aromatic heterocycles. The highest BCUT2D eigenvalue weighted by atomic mass is 16.5. The molecule has 0 heterocycles. The molecule has 0 bridgehead atoms. The number of carboxylic acids is 1. The molecule has 0 aliphatic heterocycles. The number of rotatable bonds is 2. The van der Waals surface area contributed by atoms with Crippen LogP contribution in [0.5, 0.6) is 0 Å². The van der Waals surface area contributed by atoms with Crippen LogP contribution in [0.3, 0.4) is 0 Å². The van der Waals surface area contributed by atoms with Gasteiger partial charge in [0, 0.05) is 7.11 Å². The van der Waals surface area contributed by atoms with E-state index in [1.807, 2.05) is 0 Å². The number of methoxy groups -OCH3 is 1. The molecule has 0 saturated heterocycles. The van der Waals surface area contributed by atoms with E-state index in [2.05, 4.69) is 0 Å². The van der Waals surface area contributed by atoms with Crippen molar-refractivity contribution in [2.45, 2.75) is 18.9 Å². The van der Waals surface area contributed by atoms with Crippen LogP contribution in [0.25, 0.3) is 0 Å². The highest BCUT2D eigenvalue weighted by Gasteiger charge is 2.36. The Bertz CT molecular complexity index is 119. The highest BCUT2D eigenvalue weighted by molar-refractivity contribution is 5.71. The largest absolute Gasteiger partial charge is 0.481 e. The first-order chi connectivity index (χ1) is 4.25. The van der Waals surface area contributed by atoms with E-state index >= 15 is 0 Å². The highest BCUT2D eigenvalue weighted by Crippen LogP contribution is 2.29. The Morgan fingerprint density at radius 3 is 2.44 bits per heavy atom.